The van der Waals surface area contributed by atoms with Crippen LogP contribution < -0.4 is 10.6 Å². The predicted molar refractivity (Wildman–Crippen MR) is 85.8 cm³/mol. The summed E-state index contributed by atoms with van der Waals surface area (Å²) in [7, 11) is 1.63. The van der Waals surface area contributed by atoms with Crippen molar-refractivity contribution in [2.45, 2.75) is 12.6 Å². The number of nitrogens with one attached hydrogen (secondary N) is 2. The fraction of sp³-hybridized carbons (Fsp3) is 0.267. The number of ether oxygens (including phenoxy) is 1. The maximum absolute atomic E-state index is 11.8. The molecule has 0 radical (unpaired) electrons. The van der Waals surface area contributed by atoms with E-state index in [2.05, 4.69) is 10.6 Å². The molecule has 0 aliphatic carbocycles. The Bertz CT molecular complexity index is 558. The highest BCUT2D eigenvalue weighted by Crippen LogP contribution is 2.18. The van der Waals surface area contributed by atoms with Crippen LogP contribution in [-0.2, 0) is 11.3 Å². The van der Waals surface area contributed by atoms with Gasteiger partial charge >= 0.3 is 6.03 Å². The Labute approximate surface area is 133 Å². The van der Waals surface area contributed by atoms with Crippen LogP contribution in [0.15, 0.2) is 41.1 Å². The van der Waals surface area contributed by atoms with E-state index in [1.807, 2.05) is 29.0 Å². The van der Waals surface area contributed by atoms with Gasteiger partial charge in [0.05, 0.1) is 0 Å². The second-order valence-electron chi connectivity index (χ2n) is 4.47. The zero-order valence-electron chi connectivity index (χ0n) is 11.6. The monoisotopic (exact) mass is 324 g/mol. The summed E-state index contributed by atoms with van der Waals surface area (Å²) in [5, 5.41) is 10.3. The van der Waals surface area contributed by atoms with E-state index in [-0.39, 0.29) is 12.1 Å². The predicted octanol–water partition coefficient (Wildman–Crippen LogP) is 3.59. The molecule has 0 saturated heterocycles. The fourth-order valence-electron chi connectivity index (χ4n) is 1.83. The molecule has 6 heteroatoms. The average molecular weight is 325 g/mol. The van der Waals surface area contributed by atoms with Crippen LogP contribution in [0.5, 0.6) is 0 Å². The third-order valence-electron chi connectivity index (χ3n) is 3.01. The lowest BCUT2D eigenvalue weighted by molar-refractivity contribution is 0.104. The van der Waals surface area contributed by atoms with Gasteiger partial charge in [0.25, 0.3) is 0 Å². The zero-order valence-corrected chi connectivity index (χ0v) is 13.2. The molecule has 2 rings (SSSR count). The number of methoxy groups -OCH3 is 1. The molecule has 2 amide bonds. The molecule has 0 aliphatic heterocycles. The third kappa shape index (κ3) is 5.04. The first kappa shape index (κ1) is 15.8. The number of halogens is 1. The van der Waals surface area contributed by atoms with Crippen molar-refractivity contribution < 1.29 is 9.53 Å². The molecule has 2 N–H and O–H groups in total. The van der Waals surface area contributed by atoms with Gasteiger partial charge in [-0.05, 0) is 40.1 Å². The van der Waals surface area contributed by atoms with Gasteiger partial charge in [-0.1, -0.05) is 23.7 Å². The van der Waals surface area contributed by atoms with E-state index in [1.165, 1.54) is 0 Å². The number of benzene rings is 1. The molecule has 0 saturated carbocycles. The summed E-state index contributed by atoms with van der Waals surface area (Å²) >= 11 is 7.42. The molecule has 1 aromatic carbocycles. The molecule has 0 aliphatic rings. The molecule has 112 valence electrons. The first-order chi connectivity index (χ1) is 10.2. The summed E-state index contributed by atoms with van der Waals surface area (Å²) in [6.45, 7) is 0.888. The molecule has 1 unspecified atom stereocenters. The SMILES string of the molecule is COC(CNC(=O)NCc1ccc(Cl)cc1)c1ccsc1. The van der Waals surface area contributed by atoms with Crippen LogP contribution in [0.4, 0.5) is 4.79 Å². The molecule has 0 spiro atoms. The summed E-state index contributed by atoms with van der Waals surface area (Å²) < 4.78 is 5.37. The number of urea groups is 1. The Morgan fingerprint density at radius 1 is 1.29 bits per heavy atom. The normalized spacial score (nSPS) is 11.9. The smallest absolute Gasteiger partial charge is 0.315 e. The Balaban J connectivity index is 1.75. The van der Waals surface area contributed by atoms with Crippen LogP contribution in [0, 0.1) is 0 Å². The van der Waals surface area contributed by atoms with Crippen molar-refractivity contribution in [2.24, 2.45) is 0 Å². The van der Waals surface area contributed by atoms with E-state index in [1.54, 1.807) is 30.6 Å². The van der Waals surface area contributed by atoms with E-state index >= 15 is 0 Å². The highest BCUT2D eigenvalue weighted by Gasteiger charge is 2.12. The molecule has 0 bridgehead atoms. The summed E-state index contributed by atoms with van der Waals surface area (Å²) in [6.07, 6.45) is -0.127. The molecule has 4 nitrogen and oxygen atoms in total. The lowest BCUT2D eigenvalue weighted by Crippen LogP contribution is -2.37. The number of hydrogen-bond donors (Lipinski definition) is 2. The number of thiophene rings is 1. The van der Waals surface area contributed by atoms with Crippen LogP contribution in [0.1, 0.15) is 17.2 Å². The number of amides is 2. The lowest BCUT2D eigenvalue weighted by Gasteiger charge is -2.15. The van der Waals surface area contributed by atoms with Crippen LogP contribution in [-0.4, -0.2) is 19.7 Å². The van der Waals surface area contributed by atoms with Gasteiger partial charge in [0, 0.05) is 25.2 Å². The number of hydrogen-bond acceptors (Lipinski definition) is 3. The molecule has 0 fully saturated rings. The maximum atomic E-state index is 11.8. The second-order valence-corrected chi connectivity index (χ2v) is 5.69. The molecular weight excluding hydrogens is 308 g/mol. The van der Waals surface area contributed by atoms with E-state index in [0.717, 1.165) is 11.1 Å². The van der Waals surface area contributed by atoms with E-state index < -0.39 is 0 Å². The Morgan fingerprint density at radius 2 is 2.05 bits per heavy atom. The molecule has 1 heterocycles. The van der Waals surface area contributed by atoms with Crippen molar-refractivity contribution in [1.29, 1.82) is 0 Å². The molecule has 1 aromatic heterocycles. The molecule has 2 aromatic rings. The van der Waals surface area contributed by atoms with Crippen LogP contribution in [0.25, 0.3) is 0 Å². The minimum Gasteiger partial charge on any atom is -0.375 e. The van der Waals surface area contributed by atoms with E-state index in [0.29, 0.717) is 18.1 Å². The summed E-state index contributed by atoms with van der Waals surface area (Å²) in [4.78, 5) is 11.8. The van der Waals surface area contributed by atoms with Crippen molar-refractivity contribution >= 4 is 29.0 Å². The van der Waals surface area contributed by atoms with Gasteiger partial charge in [-0.15, -0.1) is 0 Å². The summed E-state index contributed by atoms with van der Waals surface area (Å²) in [5.74, 6) is 0. The standard InChI is InChI=1S/C15H17ClN2O2S/c1-20-14(12-6-7-21-10-12)9-18-15(19)17-8-11-2-4-13(16)5-3-11/h2-7,10,14H,8-9H2,1H3,(H2,17,18,19). The highest BCUT2D eigenvalue weighted by atomic mass is 35.5. The first-order valence-electron chi connectivity index (χ1n) is 6.50. The minimum atomic E-state index is -0.220. The summed E-state index contributed by atoms with van der Waals surface area (Å²) in [5.41, 5.74) is 2.07. The van der Waals surface area contributed by atoms with E-state index in [9.17, 15) is 4.79 Å². The third-order valence-corrected chi connectivity index (χ3v) is 3.97. The van der Waals surface area contributed by atoms with Crippen molar-refractivity contribution in [1.82, 2.24) is 10.6 Å². The van der Waals surface area contributed by atoms with Gasteiger partial charge in [-0.25, -0.2) is 4.79 Å². The largest absolute Gasteiger partial charge is 0.375 e. The van der Waals surface area contributed by atoms with Gasteiger partial charge in [-0.3, -0.25) is 0 Å². The minimum absolute atomic E-state index is 0.127. The van der Waals surface area contributed by atoms with Gasteiger partial charge < -0.3 is 15.4 Å². The molecule has 1 atom stereocenters. The van der Waals surface area contributed by atoms with Crippen molar-refractivity contribution in [3.63, 3.8) is 0 Å². The van der Waals surface area contributed by atoms with Crippen molar-refractivity contribution in [2.75, 3.05) is 13.7 Å². The number of rotatable bonds is 6. The second kappa shape index (κ2) is 8.02. The van der Waals surface area contributed by atoms with Crippen molar-refractivity contribution in [3.05, 3.63) is 57.2 Å². The van der Waals surface area contributed by atoms with Crippen LogP contribution in [0.3, 0.4) is 0 Å². The number of carbonyl (C=O) groups excluding carboxylic acids is 1. The van der Waals surface area contributed by atoms with Gasteiger partial charge in [-0.2, -0.15) is 11.3 Å². The molecule has 21 heavy (non-hydrogen) atoms. The highest BCUT2D eigenvalue weighted by molar-refractivity contribution is 7.07. The average Bonchev–Trinajstić information content (AvgIpc) is 3.01. The fourth-order valence-corrected chi connectivity index (χ4v) is 2.66. The number of carbonyl (C=O) groups is 1. The topological polar surface area (TPSA) is 50.4 Å². The van der Waals surface area contributed by atoms with Gasteiger partial charge in [0.15, 0.2) is 0 Å². The van der Waals surface area contributed by atoms with Gasteiger partial charge in [0.2, 0.25) is 0 Å². The van der Waals surface area contributed by atoms with Gasteiger partial charge in [0.1, 0.15) is 6.10 Å². The van der Waals surface area contributed by atoms with Crippen molar-refractivity contribution in [3.8, 4) is 0 Å². The molecular formula is C15H17ClN2O2S. The lowest BCUT2D eigenvalue weighted by atomic mass is 10.2. The van der Waals surface area contributed by atoms with E-state index in [4.69, 9.17) is 16.3 Å². The van der Waals surface area contributed by atoms with Crippen LogP contribution >= 0.6 is 22.9 Å². The Morgan fingerprint density at radius 3 is 2.67 bits per heavy atom. The first-order valence-corrected chi connectivity index (χ1v) is 7.82. The maximum Gasteiger partial charge on any atom is 0.315 e. The quantitative estimate of drug-likeness (QED) is 0.853. The van der Waals surface area contributed by atoms with Crippen LogP contribution in [0.2, 0.25) is 5.02 Å². The Kier molecular flexibility index (Phi) is 6.04. The zero-order chi connectivity index (χ0) is 15.1. The Hall–Kier alpha value is -1.56. The summed E-state index contributed by atoms with van der Waals surface area (Å²) in [6, 6.07) is 9.13.